The van der Waals surface area contributed by atoms with Crippen LogP contribution >= 0.6 is 11.6 Å². The Balaban J connectivity index is 1.27. The van der Waals surface area contributed by atoms with Gasteiger partial charge in [0.05, 0.1) is 13.0 Å². The van der Waals surface area contributed by atoms with Crippen molar-refractivity contribution in [3.63, 3.8) is 0 Å². The second kappa shape index (κ2) is 10.4. The standard InChI is InChI=1S/C28H34ClNO4/c1-27(2,3)34-26(31)12-15-30-16-13-28(14-17-30)20-33-25-19-23(10-11-24(25)28)32-18-4-5-21-6-8-22(29)9-7-21/h4-11,19H,12-18,20H2,1-3H3/b5-4+. The molecule has 4 rings (SSSR count). The Morgan fingerprint density at radius 3 is 2.59 bits per heavy atom. The Morgan fingerprint density at radius 1 is 1.15 bits per heavy atom. The summed E-state index contributed by atoms with van der Waals surface area (Å²) in [5.41, 5.74) is 2.00. The number of nitrogens with zero attached hydrogens (tertiary/aromatic N) is 1. The van der Waals surface area contributed by atoms with Gasteiger partial charge >= 0.3 is 5.97 Å². The molecule has 0 amide bonds. The van der Waals surface area contributed by atoms with E-state index in [0.717, 1.165) is 54.6 Å². The highest BCUT2D eigenvalue weighted by atomic mass is 35.5. The molecule has 6 heteroatoms. The van der Waals surface area contributed by atoms with Gasteiger partial charge in [-0.3, -0.25) is 4.79 Å². The number of likely N-dealkylation sites (tertiary alicyclic amines) is 1. The molecule has 0 N–H and O–H groups in total. The van der Waals surface area contributed by atoms with Crippen molar-refractivity contribution in [2.24, 2.45) is 0 Å². The van der Waals surface area contributed by atoms with Crippen molar-refractivity contribution in [3.8, 4) is 11.5 Å². The van der Waals surface area contributed by atoms with Gasteiger partial charge in [0.15, 0.2) is 0 Å². The van der Waals surface area contributed by atoms with Crippen LogP contribution in [-0.2, 0) is 14.9 Å². The van der Waals surface area contributed by atoms with Gasteiger partial charge in [0.1, 0.15) is 23.7 Å². The summed E-state index contributed by atoms with van der Waals surface area (Å²) in [5.74, 6) is 1.62. The minimum absolute atomic E-state index is 0.0603. The molecule has 2 aliphatic heterocycles. The molecule has 1 spiro atoms. The Kier molecular flexibility index (Phi) is 7.54. The summed E-state index contributed by atoms with van der Waals surface area (Å²) in [6.45, 7) is 9.57. The zero-order chi connectivity index (χ0) is 24.2. The predicted octanol–water partition coefficient (Wildman–Crippen LogP) is 5.89. The van der Waals surface area contributed by atoms with Gasteiger partial charge in [0.25, 0.3) is 0 Å². The zero-order valence-corrected chi connectivity index (χ0v) is 21.1. The average molecular weight is 484 g/mol. The monoisotopic (exact) mass is 483 g/mol. The summed E-state index contributed by atoms with van der Waals surface area (Å²) in [6.07, 6.45) is 6.50. The van der Waals surface area contributed by atoms with E-state index >= 15 is 0 Å². The van der Waals surface area contributed by atoms with Crippen molar-refractivity contribution in [1.82, 2.24) is 4.90 Å². The van der Waals surface area contributed by atoms with Crippen molar-refractivity contribution in [1.29, 1.82) is 0 Å². The molecule has 34 heavy (non-hydrogen) atoms. The summed E-state index contributed by atoms with van der Waals surface area (Å²) >= 11 is 5.93. The third-order valence-electron chi connectivity index (χ3n) is 6.42. The molecular formula is C28H34ClNO4. The Morgan fingerprint density at radius 2 is 1.88 bits per heavy atom. The first-order chi connectivity index (χ1) is 16.2. The molecule has 0 aromatic heterocycles. The normalized spacial score (nSPS) is 17.5. The van der Waals surface area contributed by atoms with Crippen LogP contribution in [0.5, 0.6) is 11.5 Å². The summed E-state index contributed by atoms with van der Waals surface area (Å²) in [7, 11) is 0. The Hall–Kier alpha value is -2.50. The first kappa shape index (κ1) is 24.6. The van der Waals surface area contributed by atoms with E-state index in [1.54, 1.807) is 0 Å². The lowest BCUT2D eigenvalue weighted by Crippen LogP contribution is -2.44. The quantitative estimate of drug-likeness (QED) is 0.459. The number of hydrogen-bond donors (Lipinski definition) is 0. The Bertz CT molecular complexity index is 1020. The van der Waals surface area contributed by atoms with Crippen molar-refractivity contribution in [2.75, 3.05) is 32.8 Å². The van der Waals surface area contributed by atoms with E-state index in [-0.39, 0.29) is 11.4 Å². The number of halogens is 1. The summed E-state index contributed by atoms with van der Waals surface area (Å²) in [5, 5.41) is 0.732. The third-order valence-corrected chi connectivity index (χ3v) is 6.67. The van der Waals surface area contributed by atoms with Gasteiger partial charge in [-0.2, -0.15) is 0 Å². The number of carbonyl (C=O) groups is 1. The molecule has 0 aliphatic carbocycles. The van der Waals surface area contributed by atoms with Gasteiger partial charge in [0, 0.05) is 28.6 Å². The molecule has 0 unspecified atom stereocenters. The number of esters is 1. The number of rotatable bonds is 7. The number of carbonyl (C=O) groups excluding carboxylic acids is 1. The molecule has 0 atom stereocenters. The summed E-state index contributed by atoms with van der Waals surface area (Å²) in [6, 6.07) is 13.9. The highest BCUT2D eigenvalue weighted by molar-refractivity contribution is 6.30. The van der Waals surface area contributed by atoms with Crippen LogP contribution in [0.15, 0.2) is 48.5 Å². The fourth-order valence-electron chi connectivity index (χ4n) is 4.61. The molecule has 2 aromatic rings. The second-order valence-electron chi connectivity index (χ2n) is 10.2. The van der Waals surface area contributed by atoms with E-state index in [1.165, 1.54) is 5.56 Å². The first-order valence-electron chi connectivity index (χ1n) is 12.0. The van der Waals surface area contributed by atoms with Crippen molar-refractivity contribution in [3.05, 3.63) is 64.7 Å². The lowest BCUT2D eigenvalue weighted by molar-refractivity contribution is -0.155. The topological polar surface area (TPSA) is 48.0 Å². The van der Waals surface area contributed by atoms with Crippen LogP contribution in [0.1, 0.15) is 51.2 Å². The third kappa shape index (κ3) is 6.34. The van der Waals surface area contributed by atoms with Gasteiger partial charge < -0.3 is 19.1 Å². The minimum Gasteiger partial charge on any atom is -0.492 e. The van der Waals surface area contributed by atoms with E-state index in [1.807, 2.05) is 69.3 Å². The van der Waals surface area contributed by atoms with E-state index in [4.69, 9.17) is 25.8 Å². The molecule has 5 nitrogen and oxygen atoms in total. The largest absolute Gasteiger partial charge is 0.492 e. The van der Waals surface area contributed by atoms with E-state index in [2.05, 4.69) is 11.0 Å². The van der Waals surface area contributed by atoms with Crippen LogP contribution < -0.4 is 9.47 Å². The highest BCUT2D eigenvalue weighted by Gasteiger charge is 2.43. The first-order valence-corrected chi connectivity index (χ1v) is 12.4. The highest BCUT2D eigenvalue weighted by Crippen LogP contribution is 2.46. The maximum absolute atomic E-state index is 12.0. The zero-order valence-electron chi connectivity index (χ0n) is 20.3. The minimum atomic E-state index is -0.427. The van der Waals surface area contributed by atoms with Crippen molar-refractivity contribution >= 4 is 23.6 Å². The number of hydrogen-bond acceptors (Lipinski definition) is 5. The summed E-state index contributed by atoms with van der Waals surface area (Å²) in [4.78, 5) is 14.4. The van der Waals surface area contributed by atoms with Gasteiger partial charge in [-0.1, -0.05) is 35.9 Å². The maximum atomic E-state index is 12.0. The molecule has 1 fully saturated rings. The molecule has 2 heterocycles. The molecule has 1 saturated heterocycles. The number of fused-ring (bicyclic) bond motifs is 2. The predicted molar refractivity (Wildman–Crippen MR) is 136 cm³/mol. The van der Waals surface area contributed by atoms with Crippen LogP contribution in [0, 0.1) is 0 Å². The van der Waals surface area contributed by atoms with Crippen molar-refractivity contribution in [2.45, 2.75) is 51.0 Å². The lowest BCUT2D eigenvalue weighted by atomic mass is 9.74. The molecule has 0 bridgehead atoms. The molecule has 0 saturated carbocycles. The van der Waals surface area contributed by atoms with Crippen LogP contribution in [0.2, 0.25) is 5.02 Å². The van der Waals surface area contributed by atoms with Crippen LogP contribution in [0.3, 0.4) is 0 Å². The van der Waals surface area contributed by atoms with Crippen LogP contribution in [0.4, 0.5) is 0 Å². The molecule has 2 aliphatic rings. The average Bonchev–Trinajstić information content (AvgIpc) is 3.14. The SMILES string of the molecule is CC(C)(C)OC(=O)CCN1CCC2(CC1)COc1cc(OC/C=C/c3ccc(Cl)cc3)ccc12. The molecular weight excluding hydrogens is 450 g/mol. The molecule has 2 aromatic carbocycles. The van der Waals surface area contributed by atoms with Gasteiger partial charge in [-0.15, -0.1) is 0 Å². The van der Waals surface area contributed by atoms with Gasteiger partial charge in [0.2, 0.25) is 0 Å². The van der Waals surface area contributed by atoms with E-state index in [0.29, 0.717) is 19.6 Å². The Labute approximate surface area is 207 Å². The fraction of sp³-hybridized carbons (Fsp3) is 0.464. The number of benzene rings is 2. The summed E-state index contributed by atoms with van der Waals surface area (Å²) < 4.78 is 17.5. The lowest BCUT2D eigenvalue weighted by Gasteiger charge is -2.38. The van der Waals surface area contributed by atoms with E-state index < -0.39 is 5.60 Å². The second-order valence-corrected chi connectivity index (χ2v) is 10.6. The number of ether oxygens (including phenoxy) is 3. The maximum Gasteiger partial charge on any atom is 0.307 e. The number of piperidine rings is 1. The van der Waals surface area contributed by atoms with Crippen LogP contribution in [-0.4, -0.2) is 49.3 Å². The smallest absolute Gasteiger partial charge is 0.307 e. The fourth-order valence-corrected chi connectivity index (χ4v) is 4.73. The van der Waals surface area contributed by atoms with Crippen LogP contribution in [0.25, 0.3) is 6.08 Å². The molecule has 0 radical (unpaired) electrons. The van der Waals surface area contributed by atoms with Gasteiger partial charge in [-0.25, -0.2) is 0 Å². The van der Waals surface area contributed by atoms with E-state index in [9.17, 15) is 4.79 Å². The molecule has 182 valence electrons. The van der Waals surface area contributed by atoms with Gasteiger partial charge in [-0.05, 0) is 76.5 Å². The van der Waals surface area contributed by atoms with Crippen molar-refractivity contribution < 1.29 is 19.0 Å².